The van der Waals surface area contributed by atoms with Gasteiger partial charge in [0.25, 0.3) is 0 Å². The normalized spacial score (nSPS) is 10.4. The van der Waals surface area contributed by atoms with Gasteiger partial charge in [-0.1, -0.05) is 5.16 Å². The van der Waals surface area contributed by atoms with Crippen molar-refractivity contribution in [2.45, 2.75) is 6.61 Å². The third kappa shape index (κ3) is 1.77. The van der Waals surface area contributed by atoms with E-state index in [1.165, 1.54) is 0 Å². The fraction of sp³-hybridized carbons (Fsp3) is 0.222. The van der Waals surface area contributed by atoms with Gasteiger partial charge >= 0.3 is 0 Å². The first-order valence-electron chi connectivity index (χ1n) is 4.12. The van der Waals surface area contributed by atoms with Gasteiger partial charge in [0, 0.05) is 19.4 Å². The number of nitrogens with zero attached hydrogens (tertiary/aromatic N) is 3. The van der Waals surface area contributed by atoms with E-state index in [1.54, 1.807) is 31.6 Å². The zero-order chi connectivity index (χ0) is 9.80. The molecule has 72 valence electrons. The number of methoxy groups -OCH3 is 1. The summed E-state index contributed by atoms with van der Waals surface area (Å²) >= 11 is 0. The zero-order valence-electron chi connectivity index (χ0n) is 7.67. The summed E-state index contributed by atoms with van der Waals surface area (Å²) in [4.78, 5) is 8.30. The lowest BCUT2D eigenvalue weighted by Gasteiger charge is -1.99. The van der Waals surface area contributed by atoms with Crippen molar-refractivity contribution in [3.05, 3.63) is 30.2 Å². The first kappa shape index (κ1) is 8.83. The molecule has 2 aromatic heterocycles. The minimum Gasteiger partial charge on any atom is -0.378 e. The molecule has 0 bridgehead atoms. The average Bonchev–Trinajstić information content (AvgIpc) is 2.71. The predicted molar refractivity (Wildman–Crippen MR) is 48.2 cm³/mol. The summed E-state index contributed by atoms with van der Waals surface area (Å²) in [6.45, 7) is 0.462. The number of rotatable bonds is 3. The van der Waals surface area contributed by atoms with Crippen LogP contribution in [-0.4, -0.2) is 22.2 Å². The monoisotopic (exact) mass is 191 g/mol. The largest absolute Gasteiger partial charge is 0.378 e. The molecule has 0 aliphatic carbocycles. The van der Waals surface area contributed by atoms with E-state index in [9.17, 15) is 0 Å². The summed E-state index contributed by atoms with van der Waals surface area (Å²) in [6.07, 6.45) is 3.22. The van der Waals surface area contributed by atoms with Crippen LogP contribution >= 0.6 is 0 Å². The van der Waals surface area contributed by atoms with Crippen LogP contribution in [0.25, 0.3) is 11.6 Å². The van der Waals surface area contributed by atoms with Crippen molar-refractivity contribution in [3.63, 3.8) is 0 Å². The molecule has 2 aromatic rings. The zero-order valence-corrected chi connectivity index (χ0v) is 7.67. The Kier molecular flexibility index (Phi) is 2.51. The summed E-state index contributed by atoms with van der Waals surface area (Å²) in [6, 6.07) is 3.51. The van der Waals surface area contributed by atoms with Gasteiger partial charge in [0.05, 0.1) is 18.5 Å². The molecule has 5 heteroatoms. The van der Waals surface area contributed by atoms with Crippen molar-refractivity contribution in [2.75, 3.05) is 7.11 Å². The Hall–Kier alpha value is -1.75. The minimum absolute atomic E-state index is 0.462. The van der Waals surface area contributed by atoms with Gasteiger partial charge in [-0.05, 0) is 6.07 Å². The Morgan fingerprint density at radius 2 is 2.29 bits per heavy atom. The van der Waals surface area contributed by atoms with Gasteiger partial charge in [0.2, 0.25) is 5.76 Å². The van der Waals surface area contributed by atoms with Gasteiger partial charge in [-0.15, -0.1) is 0 Å². The SMILES string of the molecule is COCc1ccnc(-c2ccno2)n1. The van der Waals surface area contributed by atoms with E-state index >= 15 is 0 Å². The van der Waals surface area contributed by atoms with Crippen molar-refractivity contribution >= 4 is 0 Å². The van der Waals surface area contributed by atoms with Gasteiger partial charge in [0.15, 0.2) is 5.82 Å². The Morgan fingerprint density at radius 3 is 3.00 bits per heavy atom. The van der Waals surface area contributed by atoms with Gasteiger partial charge < -0.3 is 9.26 Å². The van der Waals surface area contributed by atoms with Crippen LogP contribution in [0.1, 0.15) is 5.69 Å². The van der Waals surface area contributed by atoms with E-state index in [0.29, 0.717) is 18.2 Å². The number of aromatic nitrogens is 3. The summed E-state index contributed by atoms with van der Waals surface area (Å²) in [5, 5.41) is 3.59. The lowest BCUT2D eigenvalue weighted by molar-refractivity contribution is 0.181. The van der Waals surface area contributed by atoms with Crippen LogP contribution < -0.4 is 0 Å². The van der Waals surface area contributed by atoms with E-state index in [4.69, 9.17) is 9.26 Å². The molecule has 0 atom stereocenters. The van der Waals surface area contributed by atoms with E-state index < -0.39 is 0 Å². The first-order valence-corrected chi connectivity index (χ1v) is 4.12. The molecule has 0 unspecified atom stereocenters. The van der Waals surface area contributed by atoms with Crippen LogP contribution in [0.4, 0.5) is 0 Å². The fourth-order valence-electron chi connectivity index (χ4n) is 1.07. The molecule has 0 saturated carbocycles. The molecule has 2 heterocycles. The van der Waals surface area contributed by atoms with Crippen molar-refractivity contribution < 1.29 is 9.26 Å². The predicted octanol–water partition coefficient (Wildman–Crippen LogP) is 1.28. The molecule has 0 aliphatic heterocycles. The number of hydrogen-bond donors (Lipinski definition) is 0. The van der Waals surface area contributed by atoms with Crippen LogP contribution in [-0.2, 0) is 11.3 Å². The second kappa shape index (κ2) is 3.97. The van der Waals surface area contributed by atoms with Crippen LogP contribution in [0.3, 0.4) is 0 Å². The number of ether oxygens (including phenoxy) is 1. The molecular formula is C9H9N3O2. The maximum Gasteiger partial charge on any atom is 0.204 e. The number of hydrogen-bond acceptors (Lipinski definition) is 5. The third-order valence-electron chi connectivity index (χ3n) is 1.66. The minimum atomic E-state index is 0.462. The first-order chi connectivity index (χ1) is 6.90. The third-order valence-corrected chi connectivity index (χ3v) is 1.66. The molecule has 0 spiro atoms. The Balaban J connectivity index is 2.31. The van der Waals surface area contributed by atoms with Crippen LogP contribution in [0.5, 0.6) is 0 Å². The molecule has 2 rings (SSSR count). The van der Waals surface area contributed by atoms with Crippen molar-refractivity contribution in [3.8, 4) is 11.6 Å². The fourth-order valence-corrected chi connectivity index (χ4v) is 1.07. The smallest absolute Gasteiger partial charge is 0.204 e. The molecule has 0 N–H and O–H groups in total. The highest BCUT2D eigenvalue weighted by atomic mass is 16.5. The second-order valence-corrected chi connectivity index (χ2v) is 2.68. The highest BCUT2D eigenvalue weighted by Gasteiger charge is 2.05. The average molecular weight is 191 g/mol. The van der Waals surface area contributed by atoms with E-state index in [0.717, 1.165) is 5.69 Å². The van der Waals surface area contributed by atoms with Crippen LogP contribution in [0, 0.1) is 0 Å². The maximum atomic E-state index is 4.96. The second-order valence-electron chi connectivity index (χ2n) is 2.68. The quantitative estimate of drug-likeness (QED) is 0.731. The molecule has 0 aromatic carbocycles. The molecule has 5 nitrogen and oxygen atoms in total. The lowest BCUT2D eigenvalue weighted by atomic mass is 10.4. The lowest BCUT2D eigenvalue weighted by Crippen LogP contribution is -1.95. The molecule has 0 radical (unpaired) electrons. The van der Waals surface area contributed by atoms with E-state index in [2.05, 4.69) is 15.1 Å². The molecule has 14 heavy (non-hydrogen) atoms. The maximum absolute atomic E-state index is 4.96. The summed E-state index contributed by atoms with van der Waals surface area (Å²) in [5.41, 5.74) is 0.814. The van der Waals surface area contributed by atoms with Crippen LogP contribution in [0.15, 0.2) is 29.0 Å². The molecule has 0 amide bonds. The Labute approximate surface area is 80.7 Å². The van der Waals surface area contributed by atoms with Gasteiger partial charge in [0.1, 0.15) is 0 Å². The van der Waals surface area contributed by atoms with Crippen molar-refractivity contribution in [1.29, 1.82) is 0 Å². The van der Waals surface area contributed by atoms with Gasteiger partial charge in [-0.3, -0.25) is 0 Å². The van der Waals surface area contributed by atoms with Crippen molar-refractivity contribution in [1.82, 2.24) is 15.1 Å². The van der Waals surface area contributed by atoms with Crippen LogP contribution in [0.2, 0.25) is 0 Å². The topological polar surface area (TPSA) is 61.0 Å². The Bertz CT molecular complexity index is 400. The van der Waals surface area contributed by atoms with Gasteiger partial charge in [-0.2, -0.15) is 0 Å². The standard InChI is InChI=1S/C9H9N3O2/c1-13-6-7-2-4-10-9(12-7)8-3-5-11-14-8/h2-5H,6H2,1H3. The Morgan fingerprint density at radius 1 is 1.36 bits per heavy atom. The van der Waals surface area contributed by atoms with Crippen molar-refractivity contribution in [2.24, 2.45) is 0 Å². The summed E-state index contributed by atoms with van der Waals surface area (Å²) in [5.74, 6) is 1.08. The molecular weight excluding hydrogens is 182 g/mol. The molecule has 0 fully saturated rings. The summed E-state index contributed by atoms with van der Waals surface area (Å²) < 4.78 is 9.90. The molecule has 0 aliphatic rings. The van der Waals surface area contributed by atoms with E-state index in [-0.39, 0.29) is 0 Å². The van der Waals surface area contributed by atoms with Gasteiger partial charge in [-0.25, -0.2) is 9.97 Å². The highest BCUT2D eigenvalue weighted by molar-refractivity contribution is 5.44. The molecule has 0 saturated heterocycles. The van der Waals surface area contributed by atoms with E-state index in [1.807, 2.05) is 0 Å². The highest BCUT2D eigenvalue weighted by Crippen LogP contribution is 2.12. The summed E-state index contributed by atoms with van der Waals surface area (Å²) in [7, 11) is 1.62.